The van der Waals surface area contributed by atoms with Crippen LogP contribution >= 0.6 is 0 Å². The lowest BCUT2D eigenvalue weighted by molar-refractivity contribution is -0.144. The molecule has 0 bridgehead atoms. The number of nitrogen functional groups attached to an aromatic ring is 1. The summed E-state index contributed by atoms with van der Waals surface area (Å²) in [7, 11) is 0. The summed E-state index contributed by atoms with van der Waals surface area (Å²) in [5.41, 5.74) is 6.35. The normalized spacial score (nSPS) is 10.3. The third kappa shape index (κ3) is 3.61. The van der Waals surface area contributed by atoms with Crippen LogP contribution < -0.4 is 5.73 Å². The molecular formula is C10H17N3O2. The Kier molecular flexibility index (Phi) is 4.15. The van der Waals surface area contributed by atoms with Crippen molar-refractivity contribution >= 4 is 11.8 Å². The van der Waals surface area contributed by atoms with E-state index in [-0.39, 0.29) is 12.5 Å². The van der Waals surface area contributed by atoms with Crippen molar-refractivity contribution in [1.29, 1.82) is 0 Å². The number of hydrogen-bond acceptors (Lipinski definition) is 4. The fourth-order valence-corrected chi connectivity index (χ4v) is 1.19. The van der Waals surface area contributed by atoms with Gasteiger partial charge in [0.1, 0.15) is 12.4 Å². The number of nitrogens with two attached hydrogens (primary N) is 1. The van der Waals surface area contributed by atoms with Crippen LogP contribution in [0.1, 0.15) is 25.5 Å². The van der Waals surface area contributed by atoms with E-state index in [9.17, 15) is 4.79 Å². The SMILES string of the molecule is CCCCOC(=O)Cn1nc(N)cc1C. The lowest BCUT2D eigenvalue weighted by Crippen LogP contribution is -2.16. The number of nitrogens with zero attached hydrogens (tertiary/aromatic N) is 2. The number of aryl methyl sites for hydroxylation is 1. The smallest absolute Gasteiger partial charge is 0.327 e. The Morgan fingerprint density at radius 3 is 2.93 bits per heavy atom. The van der Waals surface area contributed by atoms with E-state index in [0.717, 1.165) is 18.5 Å². The van der Waals surface area contributed by atoms with Crippen LogP contribution in [0.2, 0.25) is 0 Å². The zero-order chi connectivity index (χ0) is 11.3. The summed E-state index contributed by atoms with van der Waals surface area (Å²) in [4.78, 5) is 11.3. The van der Waals surface area contributed by atoms with Crippen molar-refractivity contribution in [2.75, 3.05) is 12.3 Å². The van der Waals surface area contributed by atoms with E-state index in [4.69, 9.17) is 10.5 Å². The van der Waals surface area contributed by atoms with Gasteiger partial charge in [-0.05, 0) is 13.3 Å². The van der Waals surface area contributed by atoms with E-state index in [1.807, 2.05) is 13.8 Å². The van der Waals surface area contributed by atoms with Crippen molar-refractivity contribution in [3.05, 3.63) is 11.8 Å². The van der Waals surface area contributed by atoms with E-state index in [2.05, 4.69) is 5.10 Å². The van der Waals surface area contributed by atoms with Crippen molar-refractivity contribution in [2.24, 2.45) is 0 Å². The molecule has 0 spiro atoms. The molecule has 1 aromatic rings. The number of ether oxygens (including phenoxy) is 1. The van der Waals surface area contributed by atoms with Gasteiger partial charge in [0, 0.05) is 11.8 Å². The summed E-state index contributed by atoms with van der Waals surface area (Å²) in [5.74, 6) is 0.156. The number of carbonyl (C=O) groups is 1. The van der Waals surface area contributed by atoms with Crippen LogP contribution in [0.15, 0.2) is 6.07 Å². The second-order valence-electron chi connectivity index (χ2n) is 3.44. The van der Waals surface area contributed by atoms with Gasteiger partial charge in [-0.15, -0.1) is 0 Å². The molecule has 0 aliphatic heterocycles. The molecule has 0 aromatic carbocycles. The van der Waals surface area contributed by atoms with Gasteiger partial charge >= 0.3 is 5.97 Å². The van der Waals surface area contributed by atoms with Gasteiger partial charge in [-0.3, -0.25) is 9.48 Å². The number of esters is 1. The third-order valence-electron chi connectivity index (χ3n) is 2.04. The Bertz CT molecular complexity index is 333. The van der Waals surface area contributed by atoms with Crippen molar-refractivity contribution in [2.45, 2.75) is 33.2 Å². The van der Waals surface area contributed by atoms with Crippen LogP contribution in [0.3, 0.4) is 0 Å². The second kappa shape index (κ2) is 5.38. The van der Waals surface area contributed by atoms with Gasteiger partial charge in [0.05, 0.1) is 6.61 Å². The Hall–Kier alpha value is -1.52. The maximum absolute atomic E-state index is 11.3. The topological polar surface area (TPSA) is 70.1 Å². The minimum atomic E-state index is -0.269. The van der Waals surface area contributed by atoms with Gasteiger partial charge in [-0.1, -0.05) is 13.3 Å². The molecule has 1 rings (SSSR count). The Balaban J connectivity index is 2.41. The van der Waals surface area contributed by atoms with Gasteiger partial charge in [-0.2, -0.15) is 5.10 Å². The van der Waals surface area contributed by atoms with Crippen molar-refractivity contribution in [3.63, 3.8) is 0 Å². The van der Waals surface area contributed by atoms with E-state index in [1.54, 1.807) is 10.7 Å². The zero-order valence-corrected chi connectivity index (χ0v) is 9.19. The monoisotopic (exact) mass is 211 g/mol. The molecule has 0 aliphatic carbocycles. The predicted molar refractivity (Wildman–Crippen MR) is 57.2 cm³/mol. The van der Waals surface area contributed by atoms with Crippen LogP contribution in [0, 0.1) is 6.92 Å². The predicted octanol–water partition coefficient (Wildman–Crippen LogP) is 1.12. The number of anilines is 1. The molecule has 0 atom stereocenters. The summed E-state index contributed by atoms with van der Waals surface area (Å²) in [5, 5.41) is 3.97. The quantitative estimate of drug-likeness (QED) is 0.585. The highest BCUT2D eigenvalue weighted by Crippen LogP contribution is 2.04. The lowest BCUT2D eigenvalue weighted by Gasteiger charge is -2.05. The van der Waals surface area contributed by atoms with E-state index in [1.165, 1.54) is 0 Å². The van der Waals surface area contributed by atoms with Crippen molar-refractivity contribution < 1.29 is 9.53 Å². The molecule has 0 fully saturated rings. The highest BCUT2D eigenvalue weighted by molar-refractivity contribution is 5.69. The van der Waals surface area contributed by atoms with E-state index in [0.29, 0.717) is 12.4 Å². The zero-order valence-electron chi connectivity index (χ0n) is 9.19. The highest BCUT2D eigenvalue weighted by atomic mass is 16.5. The second-order valence-corrected chi connectivity index (χ2v) is 3.44. The van der Waals surface area contributed by atoms with Crippen LogP contribution in [0.4, 0.5) is 5.82 Å². The Morgan fingerprint density at radius 2 is 2.40 bits per heavy atom. The minimum Gasteiger partial charge on any atom is -0.464 e. The molecule has 0 amide bonds. The molecule has 84 valence electrons. The standard InChI is InChI=1S/C10H17N3O2/c1-3-4-5-15-10(14)7-13-8(2)6-9(11)12-13/h6H,3-5,7H2,1-2H3,(H2,11,12). The first-order valence-corrected chi connectivity index (χ1v) is 5.09. The first-order chi connectivity index (χ1) is 7.13. The third-order valence-corrected chi connectivity index (χ3v) is 2.04. The number of hydrogen-bond donors (Lipinski definition) is 1. The van der Waals surface area contributed by atoms with Gasteiger partial charge in [0.2, 0.25) is 0 Å². The molecule has 5 heteroatoms. The number of rotatable bonds is 5. The van der Waals surface area contributed by atoms with Crippen LogP contribution in [0.25, 0.3) is 0 Å². The summed E-state index contributed by atoms with van der Waals surface area (Å²) >= 11 is 0. The van der Waals surface area contributed by atoms with Crippen LogP contribution in [-0.4, -0.2) is 22.4 Å². The molecule has 5 nitrogen and oxygen atoms in total. The largest absolute Gasteiger partial charge is 0.464 e. The highest BCUT2D eigenvalue weighted by Gasteiger charge is 2.07. The van der Waals surface area contributed by atoms with Crippen molar-refractivity contribution in [1.82, 2.24) is 9.78 Å². The van der Waals surface area contributed by atoms with Gasteiger partial charge in [-0.25, -0.2) is 0 Å². The molecule has 0 saturated heterocycles. The van der Waals surface area contributed by atoms with Crippen LogP contribution in [0.5, 0.6) is 0 Å². The summed E-state index contributed by atoms with van der Waals surface area (Å²) < 4.78 is 6.56. The van der Waals surface area contributed by atoms with Crippen molar-refractivity contribution in [3.8, 4) is 0 Å². The molecule has 0 saturated carbocycles. The van der Waals surface area contributed by atoms with Gasteiger partial charge in [0.25, 0.3) is 0 Å². The minimum absolute atomic E-state index is 0.132. The molecule has 1 heterocycles. The lowest BCUT2D eigenvalue weighted by atomic mass is 10.4. The first-order valence-electron chi connectivity index (χ1n) is 5.09. The van der Waals surface area contributed by atoms with E-state index >= 15 is 0 Å². The summed E-state index contributed by atoms with van der Waals surface area (Å²) in [6.07, 6.45) is 1.91. The van der Waals surface area contributed by atoms with E-state index < -0.39 is 0 Å². The molecule has 15 heavy (non-hydrogen) atoms. The maximum Gasteiger partial charge on any atom is 0.327 e. The fraction of sp³-hybridized carbons (Fsp3) is 0.600. The maximum atomic E-state index is 11.3. The van der Waals surface area contributed by atoms with Gasteiger partial charge in [0.15, 0.2) is 0 Å². The molecule has 0 unspecified atom stereocenters. The number of unbranched alkanes of at least 4 members (excludes halogenated alkanes) is 1. The summed E-state index contributed by atoms with van der Waals surface area (Å²) in [6.45, 7) is 4.51. The Morgan fingerprint density at radius 1 is 1.67 bits per heavy atom. The number of carbonyl (C=O) groups excluding carboxylic acids is 1. The molecule has 0 radical (unpaired) electrons. The van der Waals surface area contributed by atoms with Crippen LogP contribution in [-0.2, 0) is 16.1 Å². The Labute approximate surface area is 89.2 Å². The fourth-order valence-electron chi connectivity index (χ4n) is 1.19. The average Bonchev–Trinajstić information content (AvgIpc) is 2.45. The number of aromatic nitrogens is 2. The first kappa shape index (κ1) is 11.6. The summed E-state index contributed by atoms with van der Waals surface area (Å²) in [6, 6.07) is 1.72. The molecule has 2 N–H and O–H groups in total. The molecular weight excluding hydrogens is 194 g/mol. The van der Waals surface area contributed by atoms with Gasteiger partial charge < -0.3 is 10.5 Å². The molecule has 0 aliphatic rings. The average molecular weight is 211 g/mol. The molecule has 1 aromatic heterocycles.